The number of imidazole rings is 1. The molecule has 2 heterocycles. The Labute approximate surface area is 163 Å². The minimum absolute atomic E-state index is 0.104. The Morgan fingerprint density at radius 1 is 1.04 bits per heavy atom. The van der Waals surface area contributed by atoms with E-state index in [9.17, 15) is 4.79 Å². The summed E-state index contributed by atoms with van der Waals surface area (Å²) in [5.74, 6) is 0.597. The highest BCUT2D eigenvalue weighted by Gasteiger charge is 2.07. The number of nitrogens with one attached hydrogen (secondary N) is 1. The van der Waals surface area contributed by atoms with Gasteiger partial charge in [0.25, 0.3) is 5.91 Å². The third kappa shape index (κ3) is 4.20. The first-order chi connectivity index (χ1) is 13.7. The summed E-state index contributed by atoms with van der Waals surface area (Å²) in [5.41, 5.74) is 4.63. The number of amides is 1. The fraction of sp³-hybridized carbons (Fsp3) is 0.130. The Morgan fingerprint density at radius 2 is 1.82 bits per heavy atom. The highest BCUT2D eigenvalue weighted by Crippen LogP contribution is 2.15. The van der Waals surface area contributed by atoms with Crippen molar-refractivity contribution in [2.75, 3.05) is 0 Å². The van der Waals surface area contributed by atoms with Gasteiger partial charge in [0.15, 0.2) is 0 Å². The SMILES string of the molecule is Cc1ccc(CNC(=O)c2ccc(OCc3cn4ccccc4n3)cc2)cc1. The van der Waals surface area contributed by atoms with Gasteiger partial charge >= 0.3 is 0 Å². The van der Waals surface area contributed by atoms with Gasteiger partial charge in [-0.25, -0.2) is 4.98 Å². The van der Waals surface area contributed by atoms with Crippen molar-refractivity contribution >= 4 is 11.6 Å². The van der Waals surface area contributed by atoms with Crippen LogP contribution in [0.4, 0.5) is 0 Å². The molecule has 0 bridgehead atoms. The van der Waals surface area contributed by atoms with E-state index in [1.807, 2.05) is 66.2 Å². The molecule has 0 unspecified atom stereocenters. The molecule has 4 rings (SSSR count). The number of ether oxygens (including phenoxy) is 1. The van der Waals surface area contributed by atoms with E-state index in [4.69, 9.17) is 4.74 Å². The molecule has 1 amide bonds. The molecule has 0 saturated carbocycles. The van der Waals surface area contributed by atoms with Crippen molar-refractivity contribution in [1.29, 1.82) is 0 Å². The van der Waals surface area contributed by atoms with Gasteiger partial charge in [0.1, 0.15) is 18.0 Å². The number of aryl methyl sites for hydroxylation is 1. The van der Waals surface area contributed by atoms with Crippen molar-refractivity contribution in [2.45, 2.75) is 20.1 Å². The number of fused-ring (bicyclic) bond motifs is 1. The summed E-state index contributed by atoms with van der Waals surface area (Å²) in [7, 11) is 0. The largest absolute Gasteiger partial charge is 0.487 e. The van der Waals surface area contributed by atoms with Gasteiger partial charge in [-0.15, -0.1) is 0 Å². The highest BCUT2D eigenvalue weighted by molar-refractivity contribution is 5.94. The fourth-order valence-corrected chi connectivity index (χ4v) is 2.91. The number of rotatable bonds is 6. The molecule has 0 aliphatic heterocycles. The second-order valence-corrected chi connectivity index (χ2v) is 6.68. The Kier molecular flexibility index (Phi) is 5.06. The lowest BCUT2D eigenvalue weighted by Gasteiger charge is -2.08. The zero-order chi connectivity index (χ0) is 19.3. The predicted molar refractivity (Wildman–Crippen MR) is 108 cm³/mol. The lowest BCUT2D eigenvalue weighted by molar-refractivity contribution is 0.0951. The molecule has 140 valence electrons. The minimum Gasteiger partial charge on any atom is -0.487 e. The van der Waals surface area contributed by atoms with E-state index in [2.05, 4.69) is 10.3 Å². The lowest BCUT2D eigenvalue weighted by Crippen LogP contribution is -2.22. The van der Waals surface area contributed by atoms with Gasteiger partial charge in [-0.3, -0.25) is 4.79 Å². The Morgan fingerprint density at radius 3 is 2.57 bits per heavy atom. The topological polar surface area (TPSA) is 55.6 Å². The number of carbonyl (C=O) groups is 1. The monoisotopic (exact) mass is 371 g/mol. The smallest absolute Gasteiger partial charge is 0.251 e. The van der Waals surface area contributed by atoms with Gasteiger partial charge < -0.3 is 14.5 Å². The van der Waals surface area contributed by atoms with Gasteiger partial charge in [0, 0.05) is 24.5 Å². The predicted octanol–water partition coefficient (Wildman–Crippen LogP) is 4.15. The third-order valence-corrected chi connectivity index (χ3v) is 4.49. The fourth-order valence-electron chi connectivity index (χ4n) is 2.91. The van der Waals surface area contributed by atoms with Crippen LogP contribution < -0.4 is 10.1 Å². The van der Waals surface area contributed by atoms with Gasteiger partial charge in [-0.1, -0.05) is 35.9 Å². The van der Waals surface area contributed by atoms with Crippen molar-refractivity contribution in [3.63, 3.8) is 0 Å². The van der Waals surface area contributed by atoms with Crippen molar-refractivity contribution in [3.05, 3.63) is 102 Å². The molecule has 0 radical (unpaired) electrons. The summed E-state index contributed by atoms with van der Waals surface area (Å²) in [6.07, 6.45) is 3.90. The summed E-state index contributed by atoms with van der Waals surface area (Å²) in [5, 5.41) is 2.93. The van der Waals surface area contributed by atoms with Gasteiger partial charge in [-0.05, 0) is 48.9 Å². The molecule has 5 heteroatoms. The lowest BCUT2D eigenvalue weighted by atomic mass is 10.1. The second kappa shape index (κ2) is 7.96. The number of aromatic nitrogens is 2. The van der Waals surface area contributed by atoms with Crippen molar-refractivity contribution in [3.8, 4) is 5.75 Å². The molecule has 1 N–H and O–H groups in total. The standard InChI is InChI=1S/C23H21N3O2/c1-17-5-7-18(8-6-17)14-24-23(27)19-9-11-21(12-10-19)28-16-20-15-26-13-3-2-4-22(26)25-20/h2-13,15H,14,16H2,1H3,(H,24,27). The first kappa shape index (κ1) is 17.8. The number of hydrogen-bond donors (Lipinski definition) is 1. The summed E-state index contributed by atoms with van der Waals surface area (Å²) >= 11 is 0. The van der Waals surface area contributed by atoms with Crippen LogP contribution in [0, 0.1) is 6.92 Å². The number of pyridine rings is 1. The molecular formula is C23H21N3O2. The van der Waals surface area contributed by atoms with Gasteiger partial charge in [0.2, 0.25) is 0 Å². The van der Waals surface area contributed by atoms with E-state index in [1.54, 1.807) is 24.3 Å². The van der Waals surface area contributed by atoms with Crippen LogP contribution in [0.25, 0.3) is 5.65 Å². The van der Waals surface area contributed by atoms with E-state index in [0.29, 0.717) is 24.5 Å². The molecule has 2 aromatic carbocycles. The van der Waals surface area contributed by atoms with Gasteiger partial charge in [-0.2, -0.15) is 0 Å². The van der Waals surface area contributed by atoms with Crippen LogP contribution in [0.3, 0.4) is 0 Å². The molecule has 0 aliphatic carbocycles. The maximum Gasteiger partial charge on any atom is 0.251 e. The summed E-state index contributed by atoms with van der Waals surface area (Å²) in [6, 6.07) is 21.1. The quantitative estimate of drug-likeness (QED) is 0.554. The van der Waals surface area contributed by atoms with E-state index in [-0.39, 0.29) is 5.91 Å². The first-order valence-electron chi connectivity index (χ1n) is 9.16. The molecule has 0 aliphatic rings. The summed E-state index contributed by atoms with van der Waals surface area (Å²) in [4.78, 5) is 16.8. The number of carbonyl (C=O) groups excluding carboxylic acids is 1. The number of nitrogens with zero attached hydrogens (tertiary/aromatic N) is 2. The normalized spacial score (nSPS) is 10.8. The molecule has 0 spiro atoms. The van der Waals surface area contributed by atoms with E-state index >= 15 is 0 Å². The molecule has 28 heavy (non-hydrogen) atoms. The summed E-state index contributed by atoms with van der Waals surface area (Å²) in [6.45, 7) is 2.92. The van der Waals surface area contributed by atoms with Crippen molar-refractivity contribution in [2.24, 2.45) is 0 Å². The third-order valence-electron chi connectivity index (χ3n) is 4.49. The zero-order valence-electron chi connectivity index (χ0n) is 15.6. The second-order valence-electron chi connectivity index (χ2n) is 6.68. The van der Waals surface area contributed by atoms with Crippen LogP contribution in [-0.2, 0) is 13.2 Å². The van der Waals surface area contributed by atoms with Crippen LogP contribution >= 0.6 is 0 Å². The minimum atomic E-state index is -0.104. The molecule has 5 nitrogen and oxygen atoms in total. The summed E-state index contributed by atoms with van der Waals surface area (Å²) < 4.78 is 7.75. The van der Waals surface area contributed by atoms with E-state index < -0.39 is 0 Å². The van der Waals surface area contributed by atoms with Crippen molar-refractivity contribution < 1.29 is 9.53 Å². The van der Waals surface area contributed by atoms with Crippen LogP contribution in [0.1, 0.15) is 27.2 Å². The maximum absolute atomic E-state index is 12.3. The van der Waals surface area contributed by atoms with Crippen LogP contribution in [0.15, 0.2) is 79.1 Å². The first-order valence-corrected chi connectivity index (χ1v) is 9.16. The van der Waals surface area contributed by atoms with Gasteiger partial charge in [0.05, 0.1) is 5.69 Å². The number of benzene rings is 2. The Bertz CT molecular complexity index is 1050. The Hall–Kier alpha value is -3.60. The van der Waals surface area contributed by atoms with Crippen LogP contribution in [0.5, 0.6) is 5.75 Å². The molecule has 0 saturated heterocycles. The Balaban J connectivity index is 1.32. The molecule has 0 fully saturated rings. The van der Waals surface area contributed by atoms with Crippen molar-refractivity contribution in [1.82, 2.24) is 14.7 Å². The van der Waals surface area contributed by atoms with E-state index in [0.717, 1.165) is 16.9 Å². The van der Waals surface area contributed by atoms with E-state index in [1.165, 1.54) is 5.56 Å². The van der Waals surface area contributed by atoms with Crippen LogP contribution in [-0.4, -0.2) is 15.3 Å². The molecule has 4 aromatic rings. The average Bonchev–Trinajstić information content (AvgIpc) is 3.15. The zero-order valence-corrected chi connectivity index (χ0v) is 15.6. The average molecular weight is 371 g/mol. The number of hydrogen-bond acceptors (Lipinski definition) is 3. The molecule has 2 aromatic heterocycles. The highest BCUT2D eigenvalue weighted by atomic mass is 16.5. The molecular weight excluding hydrogens is 350 g/mol. The maximum atomic E-state index is 12.3. The molecule has 0 atom stereocenters. The van der Waals surface area contributed by atoms with Crippen LogP contribution in [0.2, 0.25) is 0 Å².